The van der Waals surface area contributed by atoms with Crippen molar-refractivity contribution in [1.82, 2.24) is 15.2 Å². The van der Waals surface area contributed by atoms with E-state index < -0.39 is 11.5 Å². The molecule has 0 unspecified atom stereocenters. The molecule has 0 spiro atoms. The molecule has 2 heterocycles. The lowest BCUT2D eigenvalue weighted by molar-refractivity contribution is 0.0996. The van der Waals surface area contributed by atoms with Gasteiger partial charge in [-0.1, -0.05) is 25.7 Å². The topological polar surface area (TPSA) is 102 Å². The Hall–Kier alpha value is -2.05. The number of nitrogens with zero attached hydrogens (tertiary/aromatic N) is 2. The van der Waals surface area contributed by atoms with Crippen LogP contribution >= 0.6 is 0 Å². The standard InChI is InChI=1S/C8H3B3N4O2.C3H8/c9-3-1-2(5(10)13-6(3)11)4(7(12)16)14-15-8(1)17;1-3-2/h(H2,12,16)(H,15,17);3H2,1-2H3. The number of H-pyrrole nitrogens is 1. The Morgan fingerprint density at radius 2 is 1.75 bits per heavy atom. The molecule has 0 aliphatic rings. The van der Waals surface area contributed by atoms with E-state index in [2.05, 4.69) is 29.0 Å². The van der Waals surface area contributed by atoms with Gasteiger partial charge >= 0.3 is 0 Å². The fourth-order valence-electron chi connectivity index (χ4n) is 1.51. The third-order valence-electron chi connectivity index (χ3n) is 2.26. The fraction of sp³-hybridized carbons (Fsp3) is 0.273. The summed E-state index contributed by atoms with van der Waals surface area (Å²) in [6.45, 7) is 4.25. The summed E-state index contributed by atoms with van der Waals surface area (Å²) < 4.78 is 0. The SMILES string of the molecule is CCC.[B]c1nc([B])c2c(C(N)=O)n[nH]c(=O)c2c1[B]. The van der Waals surface area contributed by atoms with Crippen LogP contribution in [0, 0.1) is 0 Å². The van der Waals surface area contributed by atoms with E-state index in [-0.39, 0.29) is 33.1 Å². The maximum absolute atomic E-state index is 11.6. The number of rotatable bonds is 1. The average Bonchev–Trinajstić information content (AvgIpc) is 2.36. The predicted molar refractivity (Wildman–Crippen MR) is 80.8 cm³/mol. The van der Waals surface area contributed by atoms with Gasteiger partial charge in [-0.05, 0) is 11.2 Å². The number of fused-ring (bicyclic) bond motifs is 1. The number of aromatic amines is 1. The molecule has 20 heavy (non-hydrogen) atoms. The second-order valence-electron chi connectivity index (χ2n) is 4.02. The highest BCUT2D eigenvalue weighted by Gasteiger charge is 2.16. The second-order valence-corrected chi connectivity index (χ2v) is 4.02. The summed E-state index contributed by atoms with van der Waals surface area (Å²) in [5.74, 6) is -0.857. The molecule has 3 N–H and O–H groups in total. The van der Waals surface area contributed by atoms with Crippen molar-refractivity contribution in [3.63, 3.8) is 0 Å². The molecule has 0 saturated carbocycles. The van der Waals surface area contributed by atoms with Crippen LogP contribution in [0.2, 0.25) is 0 Å². The van der Waals surface area contributed by atoms with E-state index in [1.165, 1.54) is 6.42 Å². The Kier molecular flexibility index (Phi) is 5.13. The largest absolute Gasteiger partial charge is 0.364 e. The predicted octanol–water partition coefficient (Wildman–Crippen LogP) is -2.79. The number of carbonyl (C=O) groups excluding carboxylic acids is 1. The summed E-state index contributed by atoms with van der Waals surface area (Å²) in [6.07, 6.45) is 1.25. The number of amides is 1. The molecular weight excluding hydrogens is 253 g/mol. The van der Waals surface area contributed by atoms with Crippen LogP contribution in [0.25, 0.3) is 10.8 Å². The van der Waals surface area contributed by atoms with E-state index in [4.69, 9.17) is 29.3 Å². The van der Waals surface area contributed by atoms with Crippen LogP contribution < -0.4 is 27.9 Å². The number of primary amides is 1. The highest BCUT2D eigenvalue weighted by atomic mass is 16.1. The van der Waals surface area contributed by atoms with Crippen molar-refractivity contribution in [1.29, 1.82) is 0 Å². The molecule has 0 fully saturated rings. The Balaban J connectivity index is 0.000000612. The van der Waals surface area contributed by atoms with Crippen LogP contribution in [-0.2, 0) is 0 Å². The number of nitrogens with two attached hydrogens (primary N) is 1. The van der Waals surface area contributed by atoms with Crippen LogP contribution in [0.3, 0.4) is 0 Å². The third-order valence-corrected chi connectivity index (χ3v) is 2.26. The normalized spacial score (nSPS) is 9.90. The van der Waals surface area contributed by atoms with E-state index >= 15 is 0 Å². The third kappa shape index (κ3) is 2.92. The van der Waals surface area contributed by atoms with Gasteiger partial charge in [-0.25, -0.2) is 5.10 Å². The van der Waals surface area contributed by atoms with Gasteiger partial charge in [0.2, 0.25) is 0 Å². The number of pyridine rings is 1. The van der Waals surface area contributed by atoms with E-state index in [0.29, 0.717) is 0 Å². The van der Waals surface area contributed by atoms with Gasteiger partial charge in [-0.3, -0.25) is 14.6 Å². The van der Waals surface area contributed by atoms with E-state index in [0.717, 1.165) is 0 Å². The van der Waals surface area contributed by atoms with Gasteiger partial charge in [0.1, 0.15) is 23.5 Å². The number of hydrogen-bond donors (Lipinski definition) is 2. The van der Waals surface area contributed by atoms with Crippen molar-refractivity contribution in [3.8, 4) is 0 Å². The maximum Gasteiger partial charge on any atom is 0.271 e. The number of aromatic nitrogens is 3. The highest BCUT2D eigenvalue weighted by molar-refractivity contribution is 6.54. The molecule has 2 aromatic rings. The molecule has 2 aromatic heterocycles. The average molecular weight is 264 g/mol. The minimum Gasteiger partial charge on any atom is -0.364 e. The molecule has 6 nitrogen and oxygen atoms in total. The lowest BCUT2D eigenvalue weighted by Gasteiger charge is -2.10. The first kappa shape index (κ1) is 16.0. The van der Waals surface area contributed by atoms with Crippen LogP contribution in [0.1, 0.15) is 30.8 Å². The fourth-order valence-corrected chi connectivity index (χ4v) is 1.51. The lowest BCUT2D eigenvalue weighted by atomic mass is 9.79. The Morgan fingerprint density at radius 3 is 2.25 bits per heavy atom. The van der Waals surface area contributed by atoms with Gasteiger partial charge in [0.05, 0.1) is 0 Å². The number of carbonyl (C=O) groups is 1. The second kappa shape index (κ2) is 6.41. The van der Waals surface area contributed by atoms with Gasteiger partial charge in [0.15, 0.2) is 5.69 Å². The zero-order valence-electron chi connectivity index (χ0n) is 11.2. The molecule has 0 aromatic carbocycles. The van der Waals surface area contributed by atoms with Crippen molar-refractivity contribution in [3.05, 3.63) is 16.0 Å². The van der Waals surface area contributed by atoms with Crippen molar-refractivity contribution < 1.29 is 4.79 Å². The smallest absolute Gasteiger partial charge is 0.271 e. The van der Waals surface area contributed by atoms with E-state index in [1.54, 1.807) is 0 Å². The van der Waals surface area contributed by atoms with Crippen molar-refractivity contribution in [2.24, 2.45) is 5.73 Å². The molecule has 6 radical (unpaired) electrons. The van der Waals surface area contributed by atoms with E-state index in [9.17, 15) is 9.59 Å². The number of nitrogens with one attached hydrogen (secondary N) is 1. The van der Waals surface area contributed by atoms with Crippen LogP contribution in [0.15, 0.2) is 4.79 Å². The molecule has 0 aliphatic carbocycles. The first-order chi connectivity index (χ1) is 9.34. The van der Waals surface area contributed by atoms with E-state index in [1.807, 2.05) is 0 Å². The molecule has 0 saturated heterocycles. The Morgan fingerprint density at radius 1 is 1.20 bits per heavy atom. The van der Waals surface area contributed by atoms with Crippen molar-refractivity contribution >= 4 is 56.9 Å². The highest BCUT2D eigenvalue weighted by Crippen LogP contribution is 2.05. The summed E-state index contributed by atoms with van der Waals surface area (Å²) in [4.78, 5) is 26.5. The Labute approximate surface area is 119 Å². The molecule has 0 bridgehead atoms. The van der Waals surface area contributed by atoms with Crippen LogP contribution in [0.4, 0.5) is 0 Å². The zero-order chi connectivity index (χ0) is 15.4. The summed E-state index contributed by atoms with van der Waals surface area (Å²) in [6, 6.07) is 0. The minimum absolute atomic E-state index is 0.00736. The molecule has 9 heteroatoms. The monoisotopic (exact) mass is 264 g/mol. The van der Waals surface area contributed by atoms with Gasteiger partial charge in [-0.15, -0.1) is 0 Å². The molecular formula is C11H11B3N4O2. The van der Waals surface area contributed by atoms with Crippen LogP contribution in [-0.4, -0.2) is 44.6 Å². The first-order valence-corrected chi connectivity index (χ1v) is 5.87. The zero-order valence-corrected chi connectivity index (χ0v) is 11.2. The van der Waals surface area contributed by atoms with Crippen molar-refractivity contribution in [2.75, 3.05) is 0 Å². The van der Waals surface area contributed by atoms with Gasteiger partial charge < -0.3 is 5.73 Å². The molecule has 0 atom stereocenters. The minimum atomic E-state index is -0.857. The molecule has 2 rings (SSSR count). The summed E-state index contributed by atoms with van der Waals surface area (Å²) in [5, 5.41) is 5.57. The van der Waals surface area contributed by atoms with Gasteiger partial charge in [-0.2, -0.15) is 5.10 Å². The summed E-state index contributed by atoms with van der Waals surface area (Å²) in [7, 11) is 16.7. The number of hydrogen-bond acceptors (Lipinski definition) is 4. The molecule has 0 aliphatic heterocycles. The van der Waals surface area contributed by atoms with Crippen LogP contribution in [0.5, 0.6) is 0 Å². The molecule has 96 valence electrons. The summed E-state index contributed by atoms with van der Waals surface area (Å²) >= 11 is 0. The molecule has 1 amide bonds. The van der Waals surface area contributed by atoms with Gasteiger partial charge in [0, 0.05) is 10.8 Å². The quantitative estimate of drug-likeness (QED) is 0.543. The van der Waals surface area contributed by atoms with Crippen molar-refractivity contribution in [2.45, 2.75) is 20.3 Å². The lowest BCUT2D eigenvalue weighted by Crippen LogP contribution is -2.40. The summed E-state index contributed by atoms with van der Waals surface area (Å²) in [5.41, 5.74) is 3.98. The first-order valence-electron chi connectivity index (χ1n) is 5.87. The van der Waals surface area contributed by atoms with Gasteiger partial charge in [0.25, 0.3) is 11.5 Å². The maximum atomic E-state index is 11.6. The Bertz CT molecular complexity index is 715.